The van der Waals surface area contributed by atoms with Gasteiger partial charge in [0.1, 0.15) is 6.04 Å². The van der Waals surface area contributed by atoms with Crippen molar-refractivity contribution in [2.75, 3.05) is 0 Å². The van der Waals surface area contributed by atoms with Crippen LogP contribution in [0.5, 0.6) is 0 Å². The summed E-state index contributed by atoms with van der Waals surface area (Å²) in [5, 5.41) is 11.1. The highest BCUT2D eigenvalue weighted by molar-refractivity contribution is 7.13. The lowest BCUT2D eigenvalue weighted by Crippen LogP contribution is -2.18. The lowest BCUT2D eigenvalue weighted by atomic mass is 10.2. The van der Waals surface area contributed by atoms with Crippen LogP contribution in [0.15, 0.2) is 29.9 Å². The van der Waals surface area contributed by atoms with Crippen LogP contribution in [0.3, 0.4) is 0 Å². The van der Waals surface area contributed by atoms with Crippen molar-refractivity contribution in [1.82, 2.24) is 9.55 Å². The number of hydrogen-bond donors (Lipinski definition) is 1. The Morgan fingerprint density at radius 3 is 3.06 bits per heavy atom. The second-order valence-electron chi connectivity index (χ2n) is 3.40. The zero-order valence-corrected chi connectivity index (χ0v) is 9.65. The molecule has 0 fully saturated rings. The number of carbonyl (C=O) groups is 1. The largest absolute Gasteiger partial charge is 0.480 e. The third-order valence-electron chi connectivity index (χ3n) is 2.42. The van der Waals surface area contributed by atoms with Gasteiger partial charge in [0.05, 0.1) is 4.88 Å². The zero-order chi connectivity index (χ0) is 11.5. The molecule has 2 heterocycles. The van der Waals surface area contributed by atoms with Gasteiger partial charge in [-0.25, -0.2) is 9.78 Å². The van der Waals surface area contributed by atoms with E-state index in [9.17, 15) is 4.79 Å². The number of aliphatic carboxylic acids is 1. The molecule has 0 spiro atoms. The molecule has 2 aromatic heterocycles. The summed E-state index contributed by atoms with van der Waals surface area (Å²) in [4.78, 5) is 16.3. The second-order valence-corrected chi connectivity index (χ2v) is 4.35. The molecular formula is C11H12N2O2S. The molecule has 4 nitrogen and oxygen atoms in total. The van der Waals surface area contributed by atoms with Crippen molar-refractivity contribution in [2.24, 2.45) is 0 Å². The van der Waals surface area contributed by atoms with E-state index in [0.29, 0.717) is 6.42 Å². The van der Waals surface area contributed by atoms with E-state index >= 15 is 0 Å². The van der Waals surface area contributed by atoms with Crippen LogP contribution in [0, 0.1) is 0 Å². The van der Waals surface area contributed by atoms with Gasteiger partial charge in [-0.1, -0.05) is 13.0 Å². The van der Waals surface area contributed by atoms with Gasteiger partial charge in [0.2, 0.25) is 0 Å². The fourth-order valence-corrected chi connectivity index (χ4v) is 2.38. The third kappa shape index (κ3) is 1.86. The molecule has 2 rings (SSSR count). The van der Waals surface area contributed by atoms with Crippen molar-refractivity contribution in [3.05, 3.63) is 29.9 Å². The zero-order valence-electron chi connectivity index (χ0n) is 8.83. The number of aromatic nitrogens is 2. The van der Waals surface area contributed by atoms with Crippen LogP contribution < -0.4 is 0 Å². The molecule has 1 N–H and O–H groups in total. The first kappa shape index (κ1) is 10.9. The summed E-state index contributed by atoms with van der Waals surface area (Å²) in [6.45, 7) is 1.86. The molecule has 0 saturated heterocycles. The first-order valence-electron chi connectivity index (χ1n) is 5.03. The molecule has 0 radical (unpaired) electrons. The fraction of sp³-hybridized carbons (Fsp3) is 0.273. The molecule has 0 aromatic carbocycles. The van der Waals surface area contributed by atoms with Gasteiger partial charge in [-0.05, 0) is 17.9 Å². The number of hydrogen-bond acceptors (Lipinski definition) is 3. The molecule has 2 aromatic rings. The average Bonchev–Trinajstić information content (AvgIpc) is 2.86. The summed E-state index contributed by atoms with van der Waals surface area (Å²) in [6, 6.07) is 3.33. The van der Waals surface area contributed by atoms with Crippen molar-refractivity contribution < 1.29 is 9.90 Å². The van der Waals surface area contributed by atoms with Crippen molar-refractivity contribution in [1.29, 1.82) is 0 Å². The summed E-state index contributed by atoms with van der Waals surface area (Å²) in [7, 11) is 0. The monoisotopic (exact) mass is 236 g/mol. The Balaban J connectivity index is 2.43. The Bertz CT molecular complexity index is 476. The quantitative estimate of drug-likeness (QED) is 0.887. The standard InChI is InChI=1S/C11H12N2O2S/c1-2-8(11(14)15)13-6-5-12-10(13)9-4-3-7-16-9/h3-8H,2H2,1H3,(H,14,15). The van der Waals surface area contributed by atoms with Gasteiger partial charge in [0, 0.05) is 12.4 Å². The van der Waals surface area contributed by atoms with E-state index in [-0.39, 0.29) is 0 Å². The van der Waals surface area contributed by atoms with Gasteiger partial charge in [-0.2, -0.15) is 0 Å². The molecule has 0 saturated carbocycles. The normalized spacial score (nSPS) is 12.6. The molecule has 1 unspecified atom stereocenters. The van der Waals surface area contributed by atoms with Crippen molar-refractivity contribution >= 4 is 17.3 Å². The Morgan fingerprint density at radius 1 is 1.69 bits per heavy atom. The van der Waals surface area contributed by atoms with Crippen LogP contribution in [0.2, 0.25) is 0 Å². The van der Waals surface area contributed by atoms with E-state index in [1.807, 2.05) is 24.4 Å². The van der Waals surface area contributed by atoms with Crippen LogP contribution in [0.25, 0.3) is 10.7 Å². The summed E-state index contributed by atoms with van der Waals surface area (Å²) < 4.78 is 1.72. The van der Waals surface area contributed by atoms with Gasteiger partial charge < -0.3 is 9.67 Å². The summed E-state index contributed by atoms with van der Waals surface area (Å²) in [5.74, 6) is -0.0949. The predicted molar refractivity (Wildman–Crippen MR) is 62.5 cm³/mol. The smallest absolute Gasteiger partial charge is 0.326 e. The Labute approximate surface area is 97.2 Å². The maximum Gasteiger partial charge on any atom is 0.326 e. The number of carboxylic acids is 1. The van der Waals surface area contributed by atoms with E-state index in [0.717, 1.165) is 10.7 Å². The highest BCUT2D eigenvalue weighted by Crippen LogP contribution is 2.26. The van der Waals surface area contributed by atoms with E-state index < -0.39 is 12.0 Å². The van der Waals surface area contributed by atoms with Crippen molar-refractivity contribution in [2.45, 2.75) is 19.4 Å². The molecule has 5 heteroatoms. The first-order valence-corrected chi connectivity index (χ1v) is 5.91. The summed E-state index contributed by atoms with van der Waals surface area (Å²) in [6.07, 6.45) is 3.90. The highest BCUT2D eigenvalue weighted by atomic mass is 32.1. The number of carboxylic acid groups (broad SMARTS) is 1. The SMILES string of the molecule is CCC(C(=O)O)n1ccnc1-c1cccs1. The van der Waals surface area contributed by atoms with Crippen molar-refractivity contribution in [3.63, 3.8) is 0 Å². The maximum absolute atomic E-state index is 11.1. The molecule has 16 heavy (non-hydrogen) atoms. The van der Waals surface area contributed by atoms with Crippen molar-refractivity contribution in [3.8, 4) is 10.7 Å². The van der Waals surface area contributed by atoms with Crippen LogP contribution >= 0.6 is 11.3 Å². The Hall–Kier alpha value is -1.62. The van der Waals surface area contributed by atoms with E-state index in [2.05, 4.69) is 4.98 Å². The topological polar surface area (TPSA) is 55.1 Å². The van der Waals surface area contributed by atoms with E-state index in [4.69, 9.17) is 5.11 Å². The molecule has 1 atom stereocenters. The molecule has 84 valence electrons. The Kier molecular flexibility index (Phi) is 3.05. The molecule has 0 amide bonds. The van der Waals surface area contributed by atoms with Crippen LogP contribution in [-0.4, -0.2) is 20.6 Å². The molecular weight excluding hydrogens is 224 g/mol. The highest BCUT2D eigenvalue weighted by Gasteiger charge is 2.20. The lowest BCUT2D eigenvalue weighted by Gasteiger charge is -2.13. The van der Waals surface area contributed by atoms with Gasteiger partial charge in [0.25, 0.3) is 0 Å². The summed E-state index contributed by atoms with van der Waals surface area (Å²) in [5.41, 5.74) is 0. The third-order valence-corrected chi connectivity index (χ3v) is 3.28. The minimum Gasteiger partial charge on any atom is -0.480 e. The minimum atomic E-state index is -0.821. The summed E-state index contributed by atoms with van der Waals surface area (Å²) >= 11 is 1.56. The second kappa shape index (κ2) is 4.49. The van der Waals surface area contributed by atoms with Crippen LogP contribution in [0.1, 0.15) is 19.4 Å². The average molecular weight is 236 g/mol. The minimum absolute atomic E-state index is 0.542. The Morgan fingerprint density at radius 2 is 2.50 bits per heavy atom. The number of nitrogens with zero attached hydrogens (tertiary/aromatic N) is 2. The van der Waals surface area contributed by atoms with Crippen LogP contribution in [0.4, 0.5) is 0 Å². The molecule has 0 aliphatic heterocycles. The van der Waals surface area contributed by atoms with E-state index in [1.54, 1.807) is 28.3 Å². The van der Waals surface area contributed by atoms with Crippen LogP contribution in [-0.2, 0) is 4.79 Å². The van der Waals surface area contributed by atoms with E-state index in [1.165, 1.54) is 0 Å². The maximum atomic E-state index is 11.1. The van der Waals surface area contributed by atoms with Gasteiger partial charge >= 0.3 is 5.97 Å². The number of thiophene rings is 1. The molecule has 0 aliphatic carbocycles. The van der Waals surface area contributed by atoms with Gasteiger partial charge in [0.15, 0.2) is 5.82 Å². The number of rotatable bonds is 4. The van der Waals surface area contributed by atoms with Gasteiger partial charge in [-0.15, -0.1) is 11.3 Å². The molecule has 0 bridgehead atoms. The predicted octanol–water partition coefficient (Wildman–Crippen LogP) is 2.65. The van der Waals surface area contributed by atoms with Gasteiger partial charge in [-0.3, -0.25) is 0 Å². The lowest BCUT2D eigenvalue weighted by molar-refractivity contribution is -0.140. The fourth-order valence-electron chi connectivity index (χ4n) is 1.65. The first-order chi connectivity index (χ1) is 7.74. The number of imidazole rings is 1. The molecule has 0 aliphatic rings.